The van der Waals surface area contributed by atoms with E-state index < -0.39 is 0 Å². The van der Waals surface area contributed by atoms with Crippen LogP contribution >= 0.6 is 0 Å². The number of aryl methyl sites for hydroxylation is 2. The molecule has 0 atom stereocenters. The largest absolute Gasteiger partial charge is 0.363 e. The molecule has 34 heavy (non-hydrogen) atoms. The van der Waals surface area contributed by atoms with Crippen molar-refractivity contribution in [2.75, 3.05) is 31.1 Å². The normalized spacial score (nSPS) is 20.4. The van der Waals surface area contributed by atoms with Gasteiger partial charge in [0.05, 0.1) is 5.57 Å². The molecule has 2 aromatic rings. The summed E-state index contributed by atoms with van der Waals surface area (Å²) in [6, 6.07) is 12.1. The summed E-state index contributed by atoms with van der Waals surface area (Å²) in [5.74, 6) is 0.748. The zero-order valence-electron chi connectivity index (χ0n) is 20.3. The minimum absolute atomic E-state index is 0.0105. The highest BCUT2D eigenvalue weighted by atomic mass is 16.2. The second-order valence-corrected chi connectivity index (χ2v) is 9.81. The third kappa shape index (κ3) is 4.22. The average Bonchev–Trinajstić information content (AvgIpc) is 3.01. The maximum Gasteiger partial charge on any atom is 0.278 e. The van der Waals surface area contributed by atoms with Crippen LogP contribution in [-0.4, -0.2) is 58.8 Å². The second-order valence-electron chi connectivity index (χ2n) is 9.81. The Bertz CT molecular complexity index is 1090. The third-order valence-corrected chi connectivity index (χ3v) is 7.65. The van der Waals surface area contributed by atoms with Crippen molar-refractivity contribution in [1.82, 2.24) is 14.8 Å². The fourth-order valence-corrected chi connectivity index (χ4v) is 5.53. The number of piperazine rings is 1. The van der Waals surface area contributed by atoms with Crippen molar-refractivity contribution in [3.63, 3.8) is 0 Å². The second kappa shape index (κ2) is 9.61. The lowest BCUT2D eigenvalue weighted by molar-refractivity contribution is -0.140. The van der Waals surface area contributed by atoms with Crippen molar-refractivity contribution in [2.24, 2.45) is 0 Å². The minimum atomic E-state index is -0.109. The summed E-state index contributed by atoms with van der Waals surface area (Å²) in [5, 5.41) is 0. The molecule has 0 bridgehead atoms. The van der Waals surface area contributed by atoms with E-state index in [1.807, 2.05) is 30.5 Å². The van der Waals surface area contributed by atoms with Gasteiger partial charge in [-0.3, -0.25) is 14.5 Å². The highest BCUT2D eigenvalue weighted by Gasteiger charge is 2.45. The lowest BCUT2D eigenvalue weighted by Gasteiger charge is -2.37. The minimum Gasteiger partial charge on any atom is -0.363 e. The van der Waals surface area contributed by atoms with Gasteiger partial charge in [-0.15, -0.1) is 0 Å². The molecule has 0 N–H and O–H groups in total. The molecular weight excluding hydrogens is 424 g/mol. The molecule has 2 fully saturated rings. The molecule has 6 heteroatoms. The number of amides is 2. The number of rotatable bonds is 4. The van der Waals surface area contributed by atoms with Crippen molar-refractivity contribution in [1.29, 1.82) is 0 Å². The molecule has 0 radical (unpaired) electrons. The van der Waals surface area contributed by atoms with Gasteiger partial charge in [-0.25, -0.2) is 4.98 Å². The molecule has 0 unspecified atom stereocenters. The molecule has 3 heterocycles. The molecule has 1 aromatic heterocycles. The first kappa shape index (κ1) is 22.6. The summed E-state index contributed by atoms with van der Waals surface area (Å²) in [4.78, 5) is 38.2. The average molecular weight is 459 g/mol. The van der Waals surface area contributed by atoms with E-state index in [1.54, 1.807) is 4.90 Å². The Morgan fingerprint density at radius 3 is 2.15 bits per heavy atom. The van der Waals surface area contributed by atoms with Crippen molar-refractivity contribution in [3.8, 4) is 0 Å². The van der Waals surface area contributed by atoms with Gasteiger partial charge in [-0.05, 0) is 55.5 Å². The van der Waals surface area contributed by atoms with Crippen LogP contribution in [0.15, 0.2) is 48.3 Å². The van der Waals surface area contributed by atoms with E-state index in [1.165, 1.54) is 18.4 Å². The zero-order chi connectivity index (χ0) is 23.7. The lowest BCUT2D eigenvalue weighted by Crippen LogP contribution is -2.48. The van der Waals surface area contributed by atoms with E-state index in [0.29, 0.717) is 24.4 Å². The number of carbonyl (C=O) groups excluding carboxylic acids is 2. The van der Waals surface area contributed by atoms with Crippen LogP contribution in [0.4, 0.5) is 5.82 Å². The predicted octanol–water partition coefficient (Wildman–Crippen LogP) is 4.32. The Kier molecular flexibility index (Phi) is 6.40. The summed E-state index contributed by atoms with van der Waals surface area (Å²) in [6.45, 7) is 7.06. The van der Waals surface area contributed by atoms with Gasteiger partial charge in [0.25, 0.3) is 11.8 Å². The van der Waals surface area contributed by atoms with E-state index >= 15 is 0 Å². The highest BCUT2D eigenvalue weighted by molar-refractivity contribution is 6.35. The molecule has 1 aromatic carbocycles. The standard InChI is InChI=1S/C28H34N4O2/c1-20-12-13-22(19-21(20)2)25-26(28(34)32(27(25)33)23-9-5-3-4-6-10-23)31-17-15-30(16-18-31)24-11-7-8-14-29-24/h7-8,11-14,19,23H,3-6,9-10,15-18H2,1-2H3. The summed E-state index contributed by atoms with van der Waals surface area (Å²) in [6.07, 6.45) is 8.18. The number of benzene rings is 1. The van der Waals surface area contributed by atoms with E-state index in [4.69, 9.17) is 0 Å². The maximum atomic E-state index is 13.9. The first-order valence-electron chi connectivity index (χ1n) is 12.7. The Morgan fingerprint density at radius 2 is 1.50 bits per heavy atom. The number of carbonyl (C=O) groups is 2. The number of aromatic nitrogens is 1. The molecule has 5 rings (SSSR count). The van der Waals surface area contributed by atoms with E-state index in [2.05, 4.69) is 40.8 Å². The maximum absolute atomic E-state index is 13.9. The molecular formula is C28H34N4O2. The van der Waals surface area contributed by atoms with Gasteiger partial charge in [0.2, 0.25) is 0 Å². The van der Waals surface area contributed by atoms with Crippen LogP contribution in [0.3, 0.4) is 0 Å². The van der Waals surface area contributed by atoms with Gasteiger partial charge in [0.15, 0.2) is 0 Å². The molecule has 0 spiro atoms. The Labute approximate surface area is 202 Å². The van der Waals surface area contributed by atoms with Crippen molar-refractivity contribution in [3.05, 3.63) is 65.0 Å². The zero-order valence-corrected chi connectivity index (χ0v) is 20.3. The van der Waals surface area contributed by atoms with E-state index in [-0.39, 0.29) is 17.9 Å². The van der Waals surface area contributed by atoms with Crippen LogP contribution in [0.25, 0.3) is 5.57 Å². The topological polar surface area (TPSA) is 56.8 Å². The van der Waals surface area contributed by atoms with Gasteiger partial charge in [-0.1, -0.05) is 49.9 Å². The molecule has 3 aliphatic rings. The van der Waals surface area contributed by atoms with Crippen LogP contribution in [0.1, 0.15) is 55.2 Å². The fourth-order valence-electron chi connectivity index (χ4n) is 5.53. The lowest BCUT2D eigenvalue weighted by atomic mass is 9.99. The summed E-state index contributed by atoms with van der Waals surface area (Å²) >= 11 is 0. The summed E-state index contributed by atoms with van der Waals surface area (Å²) in [7, 11) is 0. The highest BCUT2D eigenvalue weighted by Crippen LogP contribution is 2.36. The molecule has 1 saturated heterocycles. The third-order valence-electron chi connectivity index (χ3n) is 7.65. The molecule has 2 amide bonds. The van der Waals surface area contributed by atoms with Crippen LogP contribution < -0.4 is 4.90 Å². The van der Waals surface area contributed by atoms with Gasteiger partial charge in [-0.2, -0.15) is 0 Å². The van der Waals surface area contributed by atoms with Gasteiger partial charge in [0, 0.05) is 38.4 Å². The van der Waals surface area contributed by atoms with Crippen molar-refractivity contribution in [2.45, 2.75) is 58.4 Å². The Hall–Kier alpha value is -3.15. The van der Waals surface area contributed by atoms with Crippen LogP contribution in [0.2, 0.25) is 0 Å². The van der Waals surface area contributed by atoms with E-state index in [0.717, 1.165) is 55.7 Å². The monoisotopic (exact) mass is 458 g/mol. The number of anilines is 1. The fraction of sp³-hybridized carbons (Fsp3) is 0.464. The Morgan fingerprint density at radius 1 is 0.794 bits per heavy atom. The van der Waals surface area contributed by atoms with Crippen molar-refractivity contribution >= 4 is 23.2 Å². The quantitative estimate of drug-likeness (QED) is 0.504. The van der Waals surface area contributed by atoms with Crippen LogP contribution in [0.5, 0.6) is 0 Å². The smallest absolute Gasteiger partial charge is 0.278 e. The SMILES string of the molecule is Cc1ccc(C2=C(N3CCN(c4ccccn4)CC3)C(=O)N(C3CCCCCC3)C2=O)cc1C. The molecule has 2 aliphatic heterocycles. The number of nitrogens with zero attached hydrogens (tertiary/aromatic N) is 4. The first-order valence-corrected chi connectivity index (χ1v) is 12.7. The van der Waals surface area contributed by atoms with Crippen LogP contribution in [0, 0.1) is 13.8 Å². The Balaban J connectivity index is 1.48. The van der Waals surface area contributed by atoms with Gasteiger partial charge >= 0.3 is 0 Å². The molecule has 178 valence electrons. The molecule has 6 nitrogen and oxygen atoms in total. The number of hydrogen-bond acceptors (Lipinski definition) is 5. The number of imide groups is 1. The first-order chi connectivity index (χ1) is 16.5. The molecule has 1 aliphatic carbocycles. The van der Waals surface area contributed by atoms with Gasteiger partial charge < -0.3 is 9.80 Å². The summed E-state index contributed by atoms with van der Waals surface area (Å²) < 4.78 is 0. The molecule has 1 saturated carbocycles. The number of pyridine rings is 1. The summed E-state index contributed by atoms with van der Waals surface area (Å²) in [5.41, 5.74) is 4.37. The van der Waals surface area contributed by atoms with Crippen LogP contribution in [-0.2, 0) is 9.59 Å². The number of hydrogen-bond donors (Lipinski definition) is 0. The predicted molar refractivity (Wildman–Crippen MR) is 134 cm³/mol. The van der Waals surface area contributed by atoms with Crippen molar-refractivity contribution < 1.29 is 9.59 Å². The van der Waals surface area contributed by atoms with Gasteiger partial charge in [0.1, 0.15) is 11.5 Å². The van der Waals surface area contributed by atoms with E-state index in [9.17, 15) is 9.59 Å².